The molecule has 0 atom stereocenters. The Morgan fingerprint density at radius 1 is 1.31 bits per heavy atom. The van der Waals surface area contributed by atoms with Crippen molar-refractivity contribution in [2.75, 3.05) is 7.11 Å². The lowest BCUT2D eigenvalue weighted by atomic mass is 10.2. The van der Waals surface area contributed by atoms with Crippen molar-refractivity contribution in [3.63, 3.8) is 0 Å². The molecule has 0 spiro atoms. The molecule has 0 fully saturated rings. The van der Waals surface area contributed by atoms with Gasteiger partial charge in [0, 0.05) is 16.8 Å². The molecule has 0 amide bonds. The normalized spacial score (nSPS) is 11.6. The molecule has 6 heteroatoms. The van der Waals surface area contributed by atoms with E-state index in [0.717, 1.165) is 0 Å². The van der Waals surface area contributed by atoms with Gasteiger partial charge in [0.25, 0.3) is 9.05 Å². The highest BCUT2D eigenvalue weighted by Gasteiger charge is 2.08. The van der Waals surface area contributed by atoms with E-state index in [0.29, 0.717) is 5.56 Å². The summed E-state index contributed by atoms with van der Waals surface area (Å²) in [5.74, 6) is -0.478. The highest BCUT2D eigenvalue weighted by molar-refractivity contribution is 8.13. The summed E-state index contributed by atoms with van der Waals surface area (Å²) >= 11 is 0. The average Bonchev–Trinajstić information content (AvgIpc) is 2.25. The van der Waals surface area contributed by atoms with Gasteiger partial charge in [-0.15, -0.1) is 0 Å². The smallest absolute Gasteiger partial charge is 0.330 e. The van der Waals surface area contributed by atoms with Gasteiger partial charge in [0.2, 0.25) is 0 Å². The van der Waals surface area contributed by atoms with E-state index < -0.39 is 15.0 Å². The Hall–Kier alpha value is -1.33. The summed E-state index contributed by atoms with van der Waals surface area (Å²) in [4.78, 5) is 10.8. The van der Waals surface area contributed by atoms with E-state index in [9.17, 15) is 13.2 Å². The molecule has 0 radical (unpaired) electrons. The predicted octanol–water partition coefficient (Wildman–Crippen LogP) is 1.80. The number of carbonyl (C=O) groups is 1. The van der Waals surface area contributed by atoms with Crippen LogP contribution >= 0.6 is 10.7 Å². The lowest BCUT2D eigenvalue weighted by Crippen LogP contribution is -1.93. The van der Waals surface area contributed by atoms with Crippen LogP contribution in [0, 0.1) is 0 Å². The van der Waals surface area contributed by atoms with Crippen LogP contribution < -0.4 is 0 Å². The van der Waals surface area contributed by atoms with Crippen LogP contribution in [0.2, 0.25) is 0 Å². The van der Waals surface area contributed by atoms with Gasteiger partial charge in [-0.05, 0) is 23.8 Å². The van der Waals surface area contributed by atoms with Gasteiger partial charge in [0.15, 0.2) is 0 Å². The molecule has 0 saturated carbocycles. The lowest BCUT2D eigenvalue weighted by molar-refractivity contribution is -0.134. The predicted molar refractivity (Wildman–Crippen MR) is 60.5 cm³/mol. The van der Waals surface area contributed by atoms with Crippen LogP contribution in [-0.2, 0) is 18.6 Å². The van der Waals surface area contributed by atoms with Crippen molar-refractivity contribution in [1.29, 1.82) is 0 Å². The van der Waals surface area contributed by atoms with Gasteiger partial charge >= 0.3 is 5.97 Å². The van der Waals surface area contributed by atoms with E-state index in [4.69, 9.17) is 10.7 Å². The van der Waals surface area contributed by atoms with Gasteiger partial charge in [-0.2, -0.15) is 0 Å². The molecule has 1 aromatic carbocycles. The number of carbonyl (C=O) groups excluding carboxylic acids is 1. The maximum atomic E-state index is 10.9. The van der Waals surface area contributed by atoms with Crippen LogP contribution in [0.15, 0.2) is 35.2 Å². The molecule has 4 nitrogen and oxygen atoms in total. The molecule has 86 valence electrons. The minimum absolute atomic E-state index is 0.0179. The van der Waals surface area contributed by atoms with Crippen molar-refractivity contribution < 1.29 is 17.9 Å². The van der Waals surface area contributed by atoms with Crippen molar-refractivity contribution >= 4 is 31.8 Å². The molecule has 16 heavy (non-hydrogen) atoms. The SMILES string of the molecule is COC(=O)/C=C/c1ccc(S(=O)(=O)Cl)cc1. The van der Waals surface area contributed by atoms with Crippen molar-refractivity contribution in [2.45, 2.75) is 4.90 Å². The topological polar surface area (TPSA) is 60.4 Å². The van der Waals surface area contributed by atoms with E-state index in [1.807, 2.05) is 0 Å². The molecule has 0 unspecified atom stereocenters. The van der Waals surface area contributed by atoms with Crippen LogP contribution in [0.4, 0.5) is 0 Å². The van der Waals surface area contributed by atoms with Crippen LogP contribution in [0.25, 0.3) is 6.08 Å². The lowest BCUT2D eigenvalue weighted by Gasteiger charge is -1.96. The maximum absolute atomic E-state index is 10.9. The molecule has 1 rings (SSSR count). The van der Waals surface area contributed by atoms with Gasteiger partial charge in [-0.1, -0.05) is 12.1 Å². The second-order valence-electron chi connectivity index (χ2n) is 2.86. The monoisotopic (exact) mass is 260 g/mol. The summed E-state index contributed by atoms with van der Waals surface area (Å²) in [6.45, 7) is 0. The van der Waals surface area contributed by atoms with Crippen LogP contribution in [0.5, 0.6) is 0 Å². The summed E-state index contributed by atoms with van der Waals surface area (Å²) in [5.41, 5.74) is 0.675. The Balaban J connectivity index is 2.88. The molecule has 0 aliphatic carbocycles. The van der Waals surface area contributed by atoms with Crippen molar-refractivity contribution in [3.8, 4) is 0 Å². The largest absolute Gasteiger partial charge is 0.466 e. The molecule has 1 aromatic rings. The summed E-state index contributed by atoms with van der Waals surface area (Å²) in [6, 6.07) is 5.79. The van der Waals surface area contributed by atoms with E-state index in [1.165, 1.54) is 43.5 Å². The number of benzene rings is 1. The second kappa shape index (κ2) is 5.14. The van der Waals surface area contributed by atoms with Crippen LogP contribution in [0.1, 0.15) is 5.56 Å². The zero-order valence-corrected chi connectivity index (χ0v) is 9.96. The molecule has 0 aromatic heterocycles. The quantitative estimate of drug-likeness (QED) is 0.472. The Morgan fingerprint density at radius 2 is 1.88 bits per heavy atom. The molecule has 0 saturated heterocycles. The molecule has 0 aliphatic rings. The Kier molecular flexibility index (Phi) is 4.09. The Labute approximate surface area is 97.9 Å². The number of halogens is 1. The summed E-state index contributed by atoms with van der Waals surface area (Å²) in [7, 11) is 2.72. The van der Waals surface area contributed by atoms with Gasteiger partial charge in [0.1, 0.15) is 0 Å². The Bertz CT molecular complexity index is 502. The van der Waals surface area contributed by atoms with Crippen LogP contribution in [0.3, 0.4) is 0 Å². The summed E-state index contributed by atoms with van der Waals surface area (Å²) in [5, 5.41) is 0. The molecular formula is C10H9ClO4S. The van der Waals surface area contributed by atoms with E-state index in [-0.39, 0.29) is 4.90 Å². The first-order valence-electron chi connectivity index (χ1n) is 4.24. The first kappa shape index (κ1) is 12.7. The zero-order valence-electron chi connectivity index (χ0n) is 8.38. The number of esters is 1. The highest BCUT2D eigenvalue weighted by atomic mass is 35.7. The first-order chi connectivity index (χ1) is 7.43. The Morgan fingerprint density at radius 3 is 2.31 bits per heavy atom. The average molecular weight is 261 g/mol. The number of methoxy groups -OCH3 is 1. The van der Waals surface area contributed by atoms with Crippen LogP contribution in [-0.4, -0.2) is 21.5 Å². The van der Waals surface area contributed by atoms with Crippen molar-refractivity contribution in [2.24, 2.45) is 0 Å². The standard InChI is InChI=1S/C10H9ClO4S/c1-15-10(12)7-4-8-2-5-9(6-3-8)16(11,13)14/h2-7H,1H3/b7-4+. The van der Waals surface area contributed by atoms with E-state index in [2.05, 4.69) is 4.74 Å². The van der Waals surface area contributed by atoms with Crippen molar-refractivity contribution in [1.82, 2.24) is 0 Å². The van der Waals surface area contributed by atoms with Gasteiger partial charge < -0.3 is 4.74 Å². The molecular weight excluding hydrogens is 252 g/mol. The third-order valence-electron chi connectivity index (χ3n) is 1.77. The number of rotatable bonds is 3. The first-order valence-corrected chi connectivity index (χ1v) is 6.55. The minimum atomic E-state index is -3.70. The molecule has 0 bridgehead atoms. The van der Waals surface area contributed by atoms with Gasteiger partial charge in [0.05, 0.1) is 12.0 Å². The third kappa shape index (κ3) is 3.67. The minimum Gasteiger partial charge on any atom is -0.466 e. The third-order valence-corrected chi connectivity index (χ3v) is 3.14. The molecule has 0 aliphatic heterocycles. The van der Waals surface area contributed by atoms with Gasteiger partial charge in [-0.3, -0.25) is 0 Å². The van der Waals surface area contributed by atoms with E-state index in [1.54, 1.807) is 0 Å². The maximum Gasteiger partial charge on any atom is 0.330 e. The van der Waals surface area contributed by atoms with Crippen molar-refractivity contribution in [3.05, 3.63) is 35.9 Å². The van der Waals surface area contributed by atoms with E-state index >= 15 is 0 Å². The fourth-order valence-corrected chi connectivity index (χ4v) is 1.74. The number of hydrogen-bond acceptors (Lipinski definition) is 4. The number of hydrogen-bond donors (Lipinski definition) is 0. The highest BCUT2D eigenvalue weighted by Crippen LogP contribution is 2.15. The molecule has 0 heterocycles. The number of ether oxygens (including phenoxy) is 1. The van der Waals surface area contributed by atoms with Gasteiger partial charge in [-0.25, -0.2) is 13.2 Å². The fourth-order valence-electron chi connectivity index (χ4n) is 0.974. The summed E-state index contributed by atoms with van der Waals surface area (Å²) in [6.07, 6.45) is 2.75. The zero-order chi connectivity index (χ0) is 12.2. The molecule has 0 N–H and O–H groups in total. The summed E-state index contributed by atoms with van der Waals surface area (Å²) < 4.78 is 26.3. The second-order valence-corrected chi connectivity index (χ2v) is 5.43. The fraction of sp³-hybridized carbons (Fsp3) is 0.100.